The first-order valence-electron chi connectivity index (χ1n) is 5.71. The van der Waals surface area contributed by atoms with Crippen molar-refractivity contribution in [2.45, 2.75) is 32.4 Å². The fraction of sp³-hybridized carbons (Fsp3) is 0.727. The summed E-state index contributed by atoms with van der Waals surface area (Å²) >= 11 is 1.68. The van der Waals surface area contributed by atoms with E-state index in [-0.39, 0.29) is 0 Å². The Morgan fingerprint density at radius 3 is 3.33 bits per heavy atom. The molecule has 3 nitrogen and oxygen atoms in total. The van der Waals surface area contributed by atoms with Crippen LogP contribution >= 0.6 is 11.3 Å². The van der Waals surface area contributed by atoms with E-state index in [0.29, 0.717) is 6.04 Å². The molecule has 84 valence electrons. The van der Waals surface area contributed by atoms with E-state index in [1.165, 1.54) is 31.6 Å². The Labute approximate surface area is 95.5 Å². The van der Waals surface area contributed by atoms with Gasteiger partial charge in [-0.3, -0.25) is 4.90 Å². The Kier molecular flexibility index (Phi) is 4.11. The van der Waals surface area contributed by atoms with E-state index in [9.17, 15) is 0 Å². The van der Waals surface area contributed by atoms with Crippen molar-refractivity contribution in [3.05, 3.63) is 16.6 Å². The molecular weight excluding hydrogens is 206 g/mol. The van der Waals surface area contributed by atoms with Gasteiger partial charge in [-0.1, -0.05) is 6.92 Å². The third kappa shape index (κ3) is 3.26. The molecule has 2 rings (SSSR count). The zero-order valence-corrected chi connectivity index (χ0v) is 10.1. The summed E-state index contributed by atoms with van der Waals surface area (Å²) in [7, 11) is 0. The van der Waals surface area contributed by atoms with Crippen LogP contribution in [0, 0.1) is 0 Å². The van der Waals surface area contributed by atoms with Crippen LogP contribution in [0.15, 0.2) is 10.9 Å². The van der Waals surface area contributed by atoms with Gasteiger partial charge in [-0.2, -0.15) is 0 Å². The molecule has 0 aliphatic carbocycles. The number of nitrogens with one attached hydrogen (secondary N) is 1. The molecule has 1 aliphatic rings. The minimum atomic E-state index is 0.698. The summed E-state index contributed by atoms with van der Waals surface area (Å²) in [5.41, 5.74) is 3.13. The normalized spacial score (nSPS) is 22.3. The van der Waals surface area contributed by atoms with Gasteiger partial charge < -0.3 is 5.32 Å². The monoisotopic (exact) mass is 225 g/mol. The van der Waals surface area contributed by atoms with Crippen molar-refractivity contribution >= 4 is 11.3 Å². The lowest BCUT2D eigenvalue weighted by Gasteiger charge is -2.15. The second kappa shape index (κ2) is 5.58. The minimum absolute atomic E-state index is 0.698. The van der Waals surface area contributed by atoms with Gasteiger partial charge in [-0.15, -0.1) is 11.3 Å². The van der Waals surface area contributed by atoms with E-state index in [2.05, 4.69) is 27.5 Å². The van der Waals surface area contributed by atoms with Gasteiger partial charge in [-0.05, 0) is 19.4 Å². The molecule has 1 aliphatic heterocycles. The van der Waals surface area contributed by atoms with E-state index >= 15 is 0 Å². The van der Waals surface area contributed by atoms with Crippen LogP contribution in [0.3, 0.4) is 0 Å². The van der Waals surface area contributed by atoms with Gasteiger partial charge in [0.1, 0.15) is 0 Å². The molecule has 1 saturated heterocycles. The minimum Gasteiger partial charge on any atom is -0.313 e. The quantitative estimate of drug-likeness (QED) is 0.827. The Hall–Kier alpha value is -0.450. The third-order valence-electron chi connectivity index (χ3n) is 2.82. The van der Waals surface area contributed by atoms with Crippen molar-refractivity contribution in [2.75, 3.05) is 19.6 Å². The van der Waals surface area contributed by atoms with Crippen molar-refractivity contribution in [1.29, 1.82) is 0 Å². The van der Waals surface area contributed by atoms with Crippen LogP contribution in [-0.2, 0) is 6.54 Å². The lowest BCUT2D eigenvalue weighted by Crippen LogP contribution is -2.32. The Morgan fingerprint density at radius 1 is 1.67 bits per heavy atom. The molecule has 2 heterocycles. The summed E-state index contributed by atoms with van der Waals surface area (Å²) in [4.78, 5) is 6.81. The second-order valence-electron chi connectivity index (χ2n) is 4.15. The molecule has 0 radical (unpaired) electrons. The Balaban J connectivity index is 1.73. The highest BCUT2D eigenvalue weighted by Crippen LogP contribution is 2.13. The molecule has 0 aromatic carbocycles. The molecule has 15 heavy (non-hydrogen) atoms. The lowest BCUT2D eigenvalue weighted by molar-refractivity contribution is 0.317. The fourth-order valence-corrected chi connectivity index (χ4v) is 2.59. The Bertz CT molecular complexity index is 273. The molecule has 1 atom stereocenters. The number of nitrogens with zero attached hydrogens (tertiary/aromatic N) is 2. The maximum absolute atomic E-state index is 4.32. The van der Waals surface area contributed by atoms with Gasteiger partial charge in [0.2, 0.25) is 0 Å². The lowest BCUT2D eigenvalue weighted by atomic mass is 10.2. The molecule has 0 amide bonds. The van der Waals surface area contributed by atoms with Crippen LogP contribution in [0.25, 0.3) is 0 Å². The van der Waals surface area contributed by atoms with Gasteiger partial charge in [0.05, 0.1) is 11.2 Å². The summed E-state index contributed by atoms with van der Waals surface area (Å²) in [6.07, 6.45) is 2.51. The van der Waals surface area contributed by atoms with E-state index in [0.717, 1.165) is 13.1 Å². The molecule has 4 heteroatoms. The van der Waals surface area contributed by atoms with E-state index in [1.807, 2.05) is 5.51 Å². The van der Waals surface area contributed by atoms with E-state index in [4.69, 9.17) is 0 Å². The highest BCUT2D eigenvalue weighted by atomic mass is 32.1. The molecule has 1 unspecified atom stereocenters. The topological polar surface area (TPSA) is 28.2 Å². The van der Waals surface area contributed by atoms with E-state index in [1.54, 1.807) is 11.3 Å². The molecule has 0 spiro atoms. The van der Waals surface area contributed by atoms with Crippen LogP contribution in [-0.4, -0.2) is 35.6 Å². The van der Waals surface area contributed by atoms with Crippen LogP contribution in [0.4, 0.5) is 0 Å². The summed E-state index contributed by atoms with van der Waals surface area (Å²) < 4.78 is 0. The average Bonchev–Trinajstić information content (AvgIpc) is 2.87. The maximum Gasteiger partial charge on any atom is 0.0795 e. The number of aromatic nitrogens is 1. The number of hydrogen-bond acceptors (Lipinski definition) is 4. The van der Waals surface area contributed by atoms with Gasteiger partial charge in [0.15, 0.2) is 0 Å². The predicted molar refractivity (Wildman–Crippen MR) is 64.1 cm³/mol. The molecule has 0 bridgehead atoms. The SMILES string of the molecule is CCCNC1CCN(Cc2cscn2)C1. The molecular formula is C11H19N3S. The average molecular weight is 225 g/mol. The Morgan fingerprint density at radius 2 is 2.60 bits per heavy atom. The van der Waals surface area contributed by atoms with Gasteiger partial charge >= 0.3 is 0 Å². The second-order valence-corrected chi connectivity index (χ2v) is 4.87. The third-order valence-corrected chi connectivity index (χ3v) is 3.46. The highest BCUT2D eigenvalue weighted by Gasteiger charge is 2.21. The first-order valence-corrected chi connectivity index (χ1v) is 6.65. The molecule has 1 N–H and O–H groups in total. The molecule has 0 saturated carbocycles. The summed E-state index contributed by atoms with van der Waals surface area (Å²) in [5, 5.41) is 5.73. The number of likely N-dealkylation sites (tertiary alicyclic amines) is 1. The van der Waals surface area contributed by atoms with Crippen LogP contribution in [0.1, 0.15) is 25.5 Å². The zero-order chi connectivity index (χ0) is 10.5. The predicted octanol–water partition coefficient (Wildman–Crippen LogP) is 1.72. The highest BCUT2D eigenvalue weighted by molar-refractivity contribution is 7.07. The van der Waals surface area contributed by atoms with Crippen LogP contribution < -0.4 is 5.32 Å². The maximum atomic E-state index is 4.32. The van der Waals surface area contributed by atoms with Gasteiger partial charge in [-0.25, -0.2) is 4.98 Å². The zero-order valence-electron chi connectivity index (χ0n) is 9.28. The van der Waals surface area contributed by atoms with Crippen molar-refractivity contribution in [3.63, 3.8) is 0 Å². The van der Waals surface area contributed by atoms with Crippen molar-refractivity contribution < 1.29 is 0 Å². The fourth-order valence-electron chi connectivity index (χ4n) is 2.04. The van der Waals surface area contributed by atoms with Crippen LogP contribution in [0.5, 0.6) is 0 Å². The first-order chi connectivity index (χ1) is 7.38. The molecule has 1 aromatic rings. The van der Waals surface area contributed by atoms with Gasteiger partial charge in [0, 0.05) is 31.1 Å². The number of hydrogen-bond donors (Lipinski definition) is 1. The first kappa shape index (κ1) is 11.0. The van der Waals surface area contributed by atoms with Crippen LogP contribution in [0.2, 0.25) is 0 Å². The van der Waals surface area contributed by atoms with E-state index < -0.39 is 0 Å². The smallest absolute Gasteiger partial charge is 0.0795 e. The number of rotatable bonds is 5. The summed E-state index contributed by atoms with van der Waals surface area (Å²) in [5.74, 6) is 0. The molecule has 1 fully saturated rings. The number of thiazole rings is 1. The molecule has 1 aromatic heterocycles. The van der Waals surface area contributed by atoms with Crippen molar-refractivity contribution in [2.24, 2.45) is 0 Å². The standard InChI is InChI=1S/C11H19N3S/c1-2-4-12-10-3-5-14(6-10)7-11-8-15-9-13-11/h8-10,12H,2-7H2,1H3. The summed E-state index contributed by atoms with van der Waals surface area (Å²) in [6.45, 7) is 6.77. The van der Waals surface area contributed by atoms with Crippen molar-refractivity contribution in [1.82, 2.24) is 15.2 Å². The summed E-state index contributed by atoms with van der Waals surface area (Å²) in [6, 6.07) is 0.698. The van der Waals surface area contributed by atoms with Gasteiger partial charge in [0.25, 0.3) is 0 Å². The van der Waals surface area contributed by atoms with Crippen molar-refractivity contribution in [3.8, 4) is 0 Å². The largest absolute Gasteiger partial charge is 0.313 e.